The van der Waals surface area contributed by atoms with Crippen LogP contribution in [0.1, 0.15) is 163 Å². The number of hydrogen-bond donors (Lipinski definition) is 0. The molecule has 1 rings (SSSR count). The Bertz CT molecular complexity index is 956. The predicted octanol–water partition coefficient (Wildman–Crippen LogP) is 11.0. The standard InChI is InChI=1S/C20H38O2.C14H20O3.C6H12O2/c1-4-6-7-8-9-10-11-12-13-14-15-16-17-18-20(21)22-19(3)5-2;1-5-12(4)17-14(15)9-16-13-7-6-10(2)8-11(13)3;1-4-5(2)8-6(3)7/h4,6,19H,5,7-18H2,1-3H3;6-8,12H,5,9H2,1-4H3;5H,4H2,1-3H3. The van der Waals surface area contributed by atoms with Gasteiger partial charge in [0.25, 0.3) is 0 Å². The van der Waals surface area contributed by atoms with Crippen LogP contribution in [-0.2, 0) is 28.6 Å². The molecular formula is C40H70O7. The lowest BCUT2D eigenvalue weighted by Crippen LogP contribution is -2.20. The van der Waals surface area contributed by atoms with E-state index >= 15 is 0 Å². The lowest BCUT2D eigenvalue weighted by Gasteiger charge is -2.12. The summed E-state index contributed by atoms with van der Waals surface area (Å²) >= 11 is 0. The third-order valence-corrected chi connectivity index (χ3v) is 7.67. The molecule has 1 aromatic rings. The topological polar surface area (TPSA) is 88.1 Å². The smallest absolute Gasteiger partial charge is 0.344 e. The Morgan fingerprint density at radius 2 is 1.15 bits per heavy atom. The summed E-state index contributed by atoms with van der Waals surface area (Å²) in [5.41, 5.74) is 2.21. The van der Waals surface area contributed by atoms with Gasteiger partial charge in [-0.15, -0.1) is 0 Å². The van der Waals surface area contributed by atoms with E-state index in [9.17, 15) is 14.4 Å². The zero-order chi connectivity index (χ0) is 35.9. The average molecular weight is 663 g/mol. The Hall–Kier alpha value is -2.83. The molecule has 7 heteroatoms. The van der Waals surface area contributed by atoms with Crippen molar-refractivity contribution in [1.29, 1.82) is 0 Å². The number of aryl methyl sites for hydroxylation is 2. The van der Waals surface area contributed by atoms with Gasteiger partial charge in [-0.05, 0) is 91.7 Å². The molecule has 272 valence electrons. The Balaban J connectivity index is 0. The summed E-state index contributed by atoms with van der Waals surface area (Å²) in [5, 5.41) is 0. The van der Waals surface area contributed by atoms with Gasteiger partial charge in [0.05, 0.1) is 18.3 Å². The molecule has 7 nitrogen and oxygen atoms in total. The molecule has 1 aromatic carbocycles. The molecule has 0 fully saturated rings. The number of esters is 3. The fraction of sp³-hybridized carbons (Fsp3) is 0.725. The monoisotopic (exact) mass is 663 g/mol. The summed E-state index contributed by atoms with van der Waals surface area (Å²) in [4.78, 5) is 33.1. The summed E-state index contributed by atoms with van der Waals surface area (Å²) < 4.78 is 20.6. The summed E-state index contributed by atoms with van der Waals surface area (Å²) in [7, 11) is 0. The van der Waals surface area contributed by atoms with Gasteiger partial charge >= 0.3 is 17.9 Å². The number of carbonyl (C=O) groups is 3. The van der Waals surface area contributed by atoms with Crippen molar-refractivity contribution in [2.45, 2.75) is 184 Å². The lowest BCUT2D eigenvalue weighted by atomic mass is 10.1. The van der Waals surface area contributed by atoms with E-state index in [4.69, 9.17) is 18.9 Å². The predicted molar refractivity (Wildman–Crippen MR) is 195 cm³/mol. The van der Waals surface area contributed by atoms with Crippen molar-refractivity contribution in [3.05, 3.63) is 41.5 Å². The van der Waals surface area contributed by atoms with Crippen molar-refractivity contribution in [1.82, 2.24) is 0 Å². The molecule has 0 aromatic heterocycles. The highest BCUT2D eigenvalue weighted by molar-refractivity contribution is 5.71. The SMILES string of the molecule is CC=CCCCCCCCCCCCCC(=O)OC(C)CC.CCC(C)OC(=O)COc1ccc(C)cc1C.CCC(C)OC(C)=O. The van der Waals surface area contributed by atoms with Crippen LogP contribution in [0.4, 0.5) is 0 Å². The fourth-order valence-electron chi connectivity index (χ4n) is 4.29. The van der Waals surface area contributed by atoms with E-state index in [2.05, 4.69) is 19.1 Å². The van der Waals surface area contributed by atoms with Crippen LogP contribution in [0.5, 0.6) is 5.75 Å². The minimum Gasteiger partial charge on any atom is -0.482 e. The molecule has 3 unspecified atom stereocenters. The Kier molecular flexibility index (Phi) is 31.3. The van der Waals surface area contributed by atoms with E-state index in [-0.39, 0.29) is 42.8 Å². The molecule has 0 aliphatic carbocycles. The second kappa shape index (κ2) is 31.8. The van der Waals surface area contributed by atoms with Crippen molar-refractivity contribution >= 4 is 17.9 Å². The van der Waals surface area contributed by atoms with Gasteiger partial charge in [-0.1, -0.05) is 102 Å². The van der Waals surface area contributed by atoms with Gasteiger partial charge in [-0.25, -0.2) is 4.79 Å². The molecule has 0 N–H and O–H groups in total. The molecule has 0 aliphatic rings. The van der Waals surface area contributed by atoms with Gasteiger partial charge in [0, 0.05) is 13.3 Å². The quantitative estimate of drug-likeness (QED) is 0.0528. The van der Waals surface area contributed by atoms with Crippen molar-refractivity contribution in [2.24, 2.45) is 0 Å². The molecule has 0 spiro atoms. The highest BCUT2D eigenvalue weighted by Gasteiger charge is 2.10. The number of allylic oxidation sites excluding steroid dienone is 2. The Morgan fingerprint density at radius 3 is 1.60 bits per heavy atom. The first-order valence-electron chi connectivity index (χ1n) is 18.3. The summed E-state index contributed by atoms with van der Waals surface area (Å²) in [6.07, 6.45) is 21.9. The zero-order valence-corrected chi connectivity index (χ0v) is 31.8. The van der Waals surface area contributed by atoms with Crippen LogP contribution in [-0.4, -0.2) is 42.8 Å². The normalized spacial score (nSPS) is 12.5. The van der Waals surface area contributed by atoms with E-state index in [0.29, 0.717) is 6.42 Å². The van der Waals surface area contributed by atoms with Crippen LogP contribution in [0.15, 0.2) is 30.4 Å². The van der Waals surface area contributed by atoms with Crippen LogP contribution >= 0.6 is 0 Å². The van der Waals surface area contributed by atoms with Gasteiger partial charge in [-0.3, -0.25) is 9.59 Å². The molecular weight excluding hydrogens is 592 g/mol. The molecule has 0 amide bonds. The van der Waals surface area contributed by atoms with E-state index in [1.165, 1.54) is 76.7 Å². The van der Waals surface area contributed by atoms with Crippen LogP contribution in [0.25, 0.3) is 0 Å². The zero-order valence-electron chi connectivity index (χ0n) is 31.8. The molecule has 3 atom stereocenters. The van der Waals surface area contributed by atoms with E-state index in [1.807, 2.05) is 73.6 Å². The van der Waals surface area contributed by atoms with Crippen molar-refractivity contribution in [2.75, 3.05) is 6.61 Å². The summed E-state index contributed by atoms with van der Waals surface area (Å²) in [6.45, 7) is 19.2. The Morgan fingerprint density at radius 1 is 0.681 bits per heavy atom. The molecule has 0 saturated heterocycles. The molecule has 0 radical (unpaired) electrons. The number of hydrogen-bond acceptors (Lipinski definition) is 7. The van der Waals surface area contributed by atoms with Gasteiger partial charge < -0.3 is 18.9 Å². The van der Waals surface area contributed by atoms with E-state index in [1.54, 1.807) is 0 Å². The molecule has 0 aliphatic heterocycles. The first-order valence-corrected chi connectivity index (χ1v) is 18.3. The van der Waals surface area contributed by atoms with Crippen LogP contribution in [0, 0.1) is 13.8 Å². The van der Waals surface area contributed by atoms with E-state index < -0.39 is 0 Å². The second-order valence-electron chi connectivity index (χ2n) is 12.4. The van der Waals surface area contributed by atoms with Crippen LogP contribution in [0.3, 0.4) is 0 Å². The third-order valence-electron chi connectivity index (χ3n) is 7.67. The van der Waals surface area contributed by atoms with Gasteiger partial charge in [0.2, 0.25) is 0 Å². The Labute approximate surface area is 288 Å². The summed E-state index contributed by atoms with van der Waals surface area (Å²) in [5.74, 6) is 0.197. The van der Waals surface area contributed by atoms with Crippen molar-refractivity contribution in [3.8, 4) is 5.75 Å². The van der Waals surface area contributed by atoms with E-state index in [0.717, 1.165) is 37.0 Å². The number of benzene rings is 1. The van der Waals surface area contributed by atoms with Crippen molar-refractivity contribution < 1.29 is 33.3 Å². The largest absolute Gasteiger partial charge is 0.482 e. The second-order valence-corrected chi connectivity index (χ2v) is 12.4. The average Bonchev–Trinajstić information content (AvgIpc) is 3.02. The summed E-state index contributed by atoms with van der Waals surface area (Å²) in [6, 6.07) is 5.86. The number of ether oxygens (including phenoxy) is 4. The maximum atomic E-state index is 11.5. The number of carbonyl (C=O) groups excluding carboxylic acids is 3. The highest BCUT2D eigenvalue weighted by Crippen LogP contribution is 2.18. The minimum atomic E-state index is -0.320. The van der Waals surface area contributed by atoms with Crippen LogP contribution in [0.2, 0.25) is 0 Å². The van der Waals surface area contributed by atoms with Gasteiger partial charge in [0.15, 0.2) is 6.61 Å². The lowest BCUT2D eigenvalue weighted by molar-refractivity contribution is -0.151. The number of rotatable bonds is 22. The van der Waals surface area contributed by atoms with Gasteiger partial charge in [0.1, 0.15) is 5.75 Å². The first-order chi connectivity index (χ1) is 22.4. The molecule has 0 saturated carbocycles. The highest BCUT2D eigenvalue weighted by atomic mass is 16.6. The minimum absolute atomic E-state index is 0.0210. The van der Waals surface area contributed by atoms with Gasteiger partial charge in [-0.2, -0.15) is 0 Å². The third kappa shape index (κ3) is 31.5. The molecule has 0 heterocycles. The van der Waals surface area contributed by atoms with Crippen molar-refractivity contribution in [3.63, 3.8) is 0 Å². The first kappa shape index (κ1) is 46.3. The fourth-order valence-corrected chi connectivity index (χ4v) is 4.29. The number of unbranched alkanes of at least 4 members (excludes halogenated alkanes) is 10. The molecule has 47 heavy (non-hydrogen) atoms. The molecule has 0 bridgehead atoms. The maximum absolute atomic E-state index is 11.5. The van der Waals surface area contributed by atoms with Crippen LogP contribution < -0.4 is 4.74 Å². The maximum Gasteiger partial charge on any atom is 0.344 e.